The Morgan fingerprint density at radius 2 is 2.12 bits per heavy atom. The SMILES string of the molecule is Cc1cc2nc(CNC(=O)[C@@H]3CC(=O)Nc4ccccc43)cc(=O)n2[nH]1. The quantitative estimate of drug-likeness (QED) is 0.656. The number of aromatic amines is 1. The summed E-state index contributed by atoms with van der Waals surface area (Å²) >= 11 is 0. The van der Waals surface area contributed by atoms with Gasteiger partial charge in [-0.25, -0.2) is 9.50 Å². The van der Waals surface area contributed by atoms with Crippen molar-refractivity contribution >= 4 is 23.1 Å². The molecule has 4 rings (SSSR count). The van der Waals surface area contributed by atoms with Crippen LogP contribution < -0.4 is 16.2 Å². The maximum absolute atomic E-state index is 12.6. The molecule has 0 radical (unpaired) electrons. The van der Waals surface area contributed by atoms with Crippen LogP contribution in [0.4, 0.5) is 5.69 Å². The Balaban J connectivity index is 1.54. The van der Waals surface area contributed by atoms with Crippen LogP contribution in [0, 0.1) is 6.92 Å². The lowest BCUT2D eigenvalue weighted by Gasteiger charge is -2.24. The highest BCUT2D eigenvalue weighted by atomic mass is 16.2. The number of H-pyrrole nitrogens is 1. The number of rotatable bonds is 3. The summed E-state index contributed by atoms with van der Waals surface area (Å²) in [6.07, 6.45) is 0.0922. The van der Waals surface area contributed by atoms with Crippen LogP contribution in [0.15, 0.2) is 41.2 Å². The van der Waals surface area contributed by atoms with Gasteiger partial charge in [0, 0.05) is 29.9 Å². The van der Waals surface area contributed by atoms with E-state index in [4.69, 9.17) is 0 Å². The second-order valence-corrected chi connectivity index (χ2v) is 6.33. The van der Waals surface area contributed by atoms with Gasteiger partial charge in [0.15, 0.2) is 5.65 Å². The van der Waals surface area contributed by atoms with Crippen molar-refractivity contribution in [3.05, 3.63) is 63.7 Å². The standard InChI is InChI=1S/C18H17N5O3/c1-10-6-15-20-11(7-17(25)23(15)22-10)9-19-18(26)13-8-16(24)21-14-5-3-2-4-12(13)14/h2-7,13,22H,8-9H2,1H3,(H,19,26)(H,21,24)/t13-/m1/s1. The number of benzene rings is 1. The third-order valence-electron chi connectivity index (χ3n) is 4.39. The van der Waals surface area contributed by atoms with Crippen LogP contribution in [0.2, 0.25) is 0 Å². The van der Waals surface area contributed by atoms with Gasteiger partial charge in [0.05, 0.1) is 18.2 Å². The summed E-state index contributed by atoms with van der Waals surface area (Å²) in [4.78, 5) is 40.9. The number of aromatic nitrogens is 3. The van der Waals surface area contributed by atoms with Crippen molar-refractivity contribution in [1.82, 2.24) is 19.9 Å². The van der Waals surface area contributed by atoms with Gasteiger partial charge in [-0.15, -0.1) is 0 Å². The molecule has 1 aromatic carbocycles. The molecule has 8 heteroatoms. The summed E-state index contributed by atoms with van der Waals surface area (Å²) in [5, 5.41) is 8.45. The summed E-state index contributed by atoms with van der Waals surface area (Å²) in [6, 6.07) is 10.4. The first kappa shape index (κ1) is 16.1. The van der Waals surface area contributed by atoms with Gasteiger partial charge in [-0.2, -0.15) is 0 Å². The normalized spacial score (nSPS) is 16.2. The van der Waals surface area contributed by atoms with Crippen molar-refractivity contribution in [3.8, 4) is 0 Å². The summed E-state index contributed by atoms with van der Waals surface area (Å²) in [5.74, 6) is -1.01. The Labute approximate surface area is 148 Å². The molecule has 0 aliphatic carbocycles. The summed E-state index contributed by atoms with van der Waals surface area (Å²) in [7, 11) is 0. The summed E-state index contributed by atoms with van der Waals surface area (Å²) in [5.41, 5.74) is 2.99. The van der Waals surface area contributed by atoms with Crippen molar-refractivity contribution < 1.29 is 9.59 Å². The predicted molar refractivity (Wildman–Crippen MR) is 94.8 cm³/mol. The van der Waals surface area contributed by atoms with Crippen LogP contribution in [0.5, 0.6) is 0 Å². The first-order valence-electron chi connectivity index (χ1n) is 8.26. The van der Waals surface area contributed by atoms with E-state index in [9.17, 15) is 14.4 Å². The monoisotopic (exact) mass is 351 g/mol. The number of carbonyl (C=O) groups excluding carboxylic acids is 2. The first-order chi connectivity index (χ1) is 12.5. The molecule has 0 unspecified atom stereocenters. The van der Waals surface area contributed by atoms with Gasteiger partial charge in [-0.1, -0.05) is 18.2 Å². The lowest BCUT2D eigenvalue weighted by atomic mass is 9.90. The highest BCUT2D eigenvalue weighted by molar-refractivity contribution is 6.01. The summed E-state index contributed by atoms with van der Waals surface area (Å²) in [6.45, 7) is 1.95. The van der Waals surface area contributed by atoms with Gasteiger partial charge in [-0.05, 0) is 18.6 Å². The predicted octanol–water partition coefficient (Wildman–Crippen LogP) is 1.07. The molecule has 0 spiro atoms. The number of para-hydroxylation sites is 1. The highest BCUT2D eigenvalue weighted by Gasteiger charge is 2.30. The van der Waals surface area contributed by atoms with Crippen LogP contribution >= 0.6 is 0 Å². The molecular formula is C18H17N5O3. The molecule has 3 N–H and O–H groups in total. The molecule has 26 heavy (non-hydrogen) atoms. The number of aryl methyl sites for hydroxylation is 1. The van der Waals surface area contributed by atoms with Gasteiger partial charge in [-0.3, -0.25) is 19.5 Å². The number of fused-ring (bicyclic) bond motifs is 2. The minimum atomic E-state index is -0.556. The average Bonchev–Trinajstić information content (AvgIpc) is 3.00. The van der Waals surface area contributed by atoms with E-state index in [0.29, 0.717) is 17.0 Å². The fourth-order valence-corrected chi connectivity index (χ4v) is 3.20. The molecule has 0 saturated heterocycles. The number of carbonyl (C=O) groups is 2. The molecule has 0 fully saturated rings. The van der Waals surface area contributed by atoms with Crippen molar-refractivity contribution in [1.29, 1.82) is 0 Å². The van der Waals surface area contributed by atoms with Crippen molar-refractivity contribution in [2.45, 2.75) is 25.8 Å². The zero-order valence-corrected chi connectivity index (χ0v) is 14.1. The number of nitrogens with zero attached hydrogens (tertiary/aromatic N) is 2. The molecule has 3 aromatic rings. The molecular weight excluding hydrogens is 334 g/mol. The van der Waals surface area contributed by atoms with E-state index >= 15 is 0 Å². The molecule has 2 aromatic heterocycles. The van der Waals surface area contributed by atoms with E-state index in [-0.39, 0.29) is 30.3 Å². The molecule has 0 bridgehead atoms. The van der Waals surface area contributed by atoms with Crippen LogP contribution in [0.1, 0.15) is 29.3 Å². The van der Waals surface area contributed by atoms with Crippen LogP contribution in [0.25, 0.3) is 5.65 Å². The lowest BCUT2D eigenvalue weighted by Crippen LogP contribution is -2.35. The maximum Gasteiger partial charge on any atom is 0.272 e. The molecule has 132 valence electrons. The van der Waals surface area contributed by atoms with E-state index in [1.165, 1.54) is 10.6 Å². The number of hydrogen-bond donors (Lipinski definition) is 3. The van der Waals surface area contributed by atoms with E-state index < -0.39 is 5.92 Å². The Bertz CT molecular complexity index is 1080. The van der Waals surface area contributed by atoms with E-state index in [2.05, 4.69) is 20.7 Å². The fraction of sp³-hybridized carbons (Fsp3) is 0.222. The smallest absolute Gasteiger partial charge is 0.272 e. The van der Waals surface area contributed by atoms with Gasteiger partial charge >= 0.3 is 0 Å². The number of anilines is 1. The van der Waals surface area contributed by atoms with Crippen molar-refractivity contribution in [2.24, 2.45) is 0 Å². The molecule has 1 aliphatic rings. The maximum atomic E-state index is 12.6. The Kier molecular flexibility index (Phi) is 3.80. The fourth-order valence-electron chi connectivity index (χ4n) is 3.20. The number of hydrogen-bond acceptors (Lipinski definition) is 4. The minimum Gasteiger partial charge on any atom is -0.350 e. The third kappa shape index (κ3) is 2.85. The molecule has 3 heterocycles. The molecule has 8 nitrogen and oxygen atoms in total. The molecule has 1 atom stereocenters. The van der Waals surface area contributed by atoms with Crippen molar-refractivity contribution in [3.63, 3.8) is 0 Å². The van der Waals surface area contributed by atoms with Crippen LogP contribution in [-0.2, 0) is 16.1 Å². The Hall–Kier alpha value is -3.42. The zero-order valence-electron chi connectivity index (χ0n) is 14.1. The van der Waals surface area contributed by atoms with Gasteiger partial charge < -0.3 is 10.6 Å². The Morgan fingerprint density at radius 3 is 2.96 bits per heavy atom. The first-order valence-corrected chi connectivity index (χ1v) is 8.26. The summed E-state index contributed by atoms with van der Waals surface area (Å²) < 4.78 is 1.35. The third-order valence-corrected chi connectivity index (χ3v) is 4.39. The minimum absolute atomic E-state index is 0.0922. The molecule has 2 amide bonds. The van der Waals surface area contributed by atoms with E-state index in [1.54, 1.807) is 12.1 Å². The second-order valence-electron chi connectivity index (χ2n) is 6.33. The van der Waals surface area contributed by atoms with E-state index in [0.717, 1.165) is 11.3 Å². The van der Waals surface area contributed by atoms with Gasteiger partial charge in [0.2, 0.25) is 11.8 Å². The van der Waals surface area contributed by atoms with E-state index in [1.807, 2.05) is 25.1 Å². The second kappa shape index (κ2) is 6.14. The topological polar surface area (TPSA) is 108 Å². The highest BCUT2D eigenvalue weighted by Crippen LogP contribution is 2.31. The Morgan fingerprint density at radius 1 is 1.31 bits per heavy atom. The van der Waals surface area contributed by atoms with Crippen LogP contribution in [-0.4, -0.2) is 26.4 Å². The van der Waals surface area contributed by atoms with Crippen LogP contribution in [0.3, 0.4) is 0 Å². The van der Waals surface area contributed by atoms with Crippen molar-refractivity contribution in [2.75, 3.05) is 5.32 Å². The molecule has 0 saturated carbocycles. The number of nitrogens with one attached hydrogen (secondary N) is 3. The van der Waals surface area contributed by atoms with Gasteiger partial charge in [0.25, 0.3) is 5.56 Å². The average molecular weight is 351 g/mol. The lowest BCUT2D eigenvalue weighted by molar-refractivity contribution is -0.126. The zero-order chi connectivity index (χ0) is 18.3. The molecule has 1 aliphatic heterocycles. The number of amides is 2. The largest absolute Gasteiger partial charge is 0.350 e. The van der Waals surface area contributed by atoms with Gasteiger partial charge in [0.1, 0.15) is 0 Å².